The molecule has 0 N–H and O–H groups in total. The van der Waals surface area contributed by atoms with Crippen molar-refractivity contribution < 1.29 is 0 Å². The van der Waals surface area contributed by atoms with Crippen molar-refractivity contribution in [2.24, 2.45) is 0 Å². The number of rotatable bonds is 7. The predicted molar refractivity (Wildman–Crippen MR) is 264 cm³/mol. The maximum atomic E-state index is 5.59. The van der Waals surface area contributed by atoms with E-state index in [1.807, 2.05) is 0 Å². The molecule has 0 saturated heterocycles. The van der Waals surface area contributed by atoms with Gasteiger partial charge in [0.1, 0.15) is 5.82 Å². The fraction of sp³-hybridized carbons (Fsp3) is 0. The summed E-state index contributed by atoms with van der Waals surface area (Å²) in [7, 11) is 0. The molecule has 12 aromatic rings. The number of benzene rings is 10. The van der Waals surface area contributed by atoms with Crippen LogP contribution in [-0.2, 0) is 0 Å². The number of imidazole rings is 1. The third-order valence-electron chi connectivity index (χ3n) is 12.4. The molecule has 0 unspecified atom stereocenters. The third-order valence-corrected chi connectivity index (χ3v) is 12.4. The first-order valence-corrected chi connectivity index (χ1v) is 21.5. The molecule has 0 bridgehead atoms. The highest BCUT2D eigenvalue weighted by atomic mass is 15.1. The molecular formula is C60H39N3. The van der Waals surface area contributed by atoms with Gasteiger partial charge in [-0.15, -0.1) is 0 Å². The lowest BCUT2D eigenvalue weighted by atomic mass is 9.88. The summed E-state index contributed by atoms with van der Waals surface area (Å²) in [6.45, 7) is 0. The fourth-order valence-electron chi connectivity index (χ4n) is 9.46. The third kappa shape index (κ3) is 6.29. The van der Waals surface area contributed by atoms with Crippen molar-refractivity contribution in [3.05, 3.63) is 237 Å². The van der Waals surface area contributed by atoms with Gasteiger partial charge in [0.25, 0.3) is 0 Å². The highest BCUT2D eigenvalue weighted by molar-refractivity contribution is 6.19. The fourth-order valence-corrected chi connectivity index (χ4v) is 9.46. The van der Waals surface area contributed by atoms with Crippen molar-refractivity contribution in [2.75, 3.05) is 0 Å². The molecule has 0 spiro atoms. The minimum absolute atomic E-state index is 0.886. The largest absolute Gasteiger partial charge is 0.292 e. The summed E-state index contributed by atoms with van der Waals surface area (Å²) >= 11 is 0. The van der Waals surface area contributed by atoms with E-state index < -0.39 is 0 Å². The van der Waals surface area contributed by atoms with Crippen LogP contribution in [0.15, 0.2) is 237 Å². The quantitative estimate of drug-likeness (QED) is 0.150. The van der Waals surface area contributed by atoms with E-state index >= 15 is 0 Å². The zero-order valence-electron chi connectivity index (χ0n) is 34.4. The molecule has 0 amide bonds. The van der Waals surface area contributed by atoms with Gasteiger partial charge in [0.2, 0.25) is 0 Å². The van der Waals surface area contributed by atoms with Crippen LogP contribution in [0.5, 0.6) is 0 Å². The van der Waals surface area contributed by atoms with E-state index in [1.165, 1.54) is 43.6 Å². The van der Waals surface area contributed by atoms with Gasteiger partial charge in [-0.3, -0.25) is 4.57 Å². The Bertz CT molecular complexity index is 3640. The highest BCUT2D eigenvalue weighted by Gasteiger charge is 2.23. The lowest BCUT2D eigenvalue weighted by Crippen LogP contribution is -2.00. The van der Waals surface area contributed by atoms with Gasteiger partial charge in [-0.05, 0) is 73.5 Å². The van der Waals surface area contributed by atoms with Crippen LogP contribution < -0.4 is 0 Å². The Balaban J connectivity index is 1.10. The van der Waals surface area contributed by atoms with Crippen molar-refractivity contribution in [1.82, 2.24) is 14.5 Å². The van der Waals surface area contributed by atoms with Crippen LogP contribution >= 0.6 is 0 Å². The Hall–Kier alpha value is -8.40. The summed E-state index contributed by atoms with van der Waals surface area (Å²) in [6.07, 6.45) is 0. The van der Waals surface area contributed by atoms with Gasteiger partial charge in [-0.2, -0.15) is 0 Å². The van der Waals surface area contributed by atoms with E-state index in [4.69, 9.17) is 9.97 Å². The van der Waals surface area contributed by atoms with Crippen molar-refractivity contribution in [1.29, 1.82) is 0 Å². The SMILES string of the molecule is c1ccc(-c2nc(-c3ccccc3)n(-c3ccc(-c4cc(-c5cccc6ccccc56)c5cc(-c6cccc7ccccc67)c6ccccc6c5n4)cc3)c2-c2ccccc2)cc1. The van der Waals surface area contributed by atoms with Gasteiger partial charge in [0, 0.05) is 38.7 Å². The predicted octanol–water partition coefficient (Wildman–Crippen LogP) is 15.9. The average molecular weight is 802 g/mol. The zero-order chi connectivity index (χ0) is 41.7. The van der Waals surface area contributed by atoms with E-state index in [0.29, 0.717) is 0 Å². The van der Waals surface area contributed by atoms with E-state index in [9.17, 15) is 0 Å². The smallest absolute Gasteiger partial charge is 0.145 e. The highest BCUT2D eigenvalue weighted by Crippen LogP contribution is 2.44. The van der Waals surface area contributed by atoms with Crippen LogP contribution in [0.3, 0.4) is 0 Å². The van der Waals surface area contributed by atoms with Crippen molar-refractivity contribution in [3.8, 4) is 73.1 Å². The molecule has 2 aromatic heterocycles. The molecule has 0 fully saturated rings. The van der Waals surface area contributed by atoms with E-state index in [1.54, 1.807) is 0 Å². The van der Waals surface area contributed by atoms with E-state index in [0.717, 1.165) is 72.7 Å². The maximum Gasteiger partial charge on any atom is 0.145 e. The van der Waals surface area contributed by atoms with Gasteiger partial charge < -0.3 is 0 Å². The molecular weight excluding hydrogens is 763 g/mol. The van der Waals surface area contributed by atoms with Crippen LogP contribution in [0.25, 0.3) is 116 Å². The Morgan fingerprint density at radius 3 is 1.41 bits per heavy atom. The lowest BCUT2D eigenvalue weighted by molar-refractivity contribution is 1.07. The molecule has 10 aromatic carbocycles. The summed E-state index contributed by atoms with van der Waals surface area (Å²) in [5, 5.41) is 8.32. The molecule has 0 aliphatic carbocycles. The summed E-state index contributed by atoms with van der Waals surface area (Å²) in [4.78, 5) is 11.0. The molecule has 12 rings (SSSR count). The summed E-state index contributed by atoms with van der Waals surface area (Å²) < 4.78 is 2.31. The second-order valence-corrected chi connectivity index (χ2v) is 16.1. The second-order valence-electron chi connectivity index (χ2n) is 16.1. The normalized spacial score (nSPS) is 11.5. The Morgan fingerprint density at radius 2 is 0.794 bits per heavy atom. The molecule has 2 heterocycles. The molecule has 3 heteroatoms. The average Bonchev–Trinajstić information content (AvgIpc) is 3.77. The van der Waals surface area contributed by atoms with Gasteiger partial charge in [-0.25, -0.2) is 9.97 Å². The Kier molecular flexibility index (Phi) is 8.83. The number of aromatic nitrogens is 3. The van der Waals surface area contributed by atoms with Gasteiger partial charge in [-0.1, -0.05) is 212 Å². The molecule has 0 aliphatic rings. The van der Waals surface area contributed by atoms with Gasteiger partial charge in [0.15, 0.2) is 0 Å². The minimum Gasteiger partial charge on any atom is -0.292 e. The standard InChI is InChI=1S/C60H39N3/c1-4-20-43(21-5-1)57-59(44-22-6-2-7-23-44)63(60(62-57)45-24-8-3-9-25-45)46-36-34-42(35-37-46)56-39-54(50-33-17-27-41-19-11-13-29-48(41)50)55-38-53(51-30-14-15-31-52(51)58(55)61-56)49-32-16-26-40-18-10-12-28-47(40)49/h1-39H. The topological polar surface area (TPSA) is 30.7 Å². The van der Waals surface area contributed by atoms with E-state index in [2.05, 4.69) is 241 Å². The Morgan fingerprint density at radius 1 is 0.302 bits per heavy atom. The molecule has 3 nitrogen and oxygen atoms in total. The van der Waals surface area contributed by atoms with Crippen LogP contribution in [0.1, 0.15) is 0 Å². The first kappa shape index (κ1) is 36.5. The Labute approximate surface area is 365 Å². The molecule has 294 valence electrons. The minimum atomic E-state index is 0.886. The molecule has 0 radical (unpaired) electrons. The summed E-state index contributed by atoms with van der Waals surface area (Å²) in [5.41, 5.74) is 13.9. The molecule has 0 saturated carbocycles. The number of nitrogens with zero attached hydrogens (tertiary/aromatic N) is 3. The zero-order valence-corrected chi connectivity index (χ0v) is 34.4. The summed E-state index contributed by atoms with van der Waals surface area (Å²) in [5.74, 6) is 0.886. The number of hydrogen-bond donors (Lipinski definition) is 0. The van der Waals surface area contributed by atoms with Crippen molar-refractivity contribution in [3.63, 3.8) is 0 Å². The van der Waals surface area contributed by atoms with Crippen LogP contribution in [0.2, 0.25) is 0 Å². The van der Waals surface area contributed by atoms with Crippen LogP contribution in [-0.4, -0.2) is 14.5 Å². The summed E-state index contributed by atoms with van der Waals surface area (Å²) in [6, 6.07) is 84.6. The number of hydrogen-bond acceptors (Lipinski definition) is 2. The maximum absolute atomic E-state index is 5.59. The molecule has 0 aliphatic heterocycles. The first-order valence-electron chi connectivity index (χ1n) is 21.5. The van der Waals surface area contributed by atoms with Crippen molar-refractivity contribution in [2.45, 2.75) is 0 Å². The van der Waals surface area contributed by atoms with Crippen LogP contribution in [0, 0.1) is 0 Å². The van der Waals surface area contributed by atoms with Gasteiger partial charge >= 0.3 is 0 Å². The number of pyridine rings is 1. The van der Waals surface area contributed by atoms with Crippen LogP contribution in [0.4, 0.5) is 0 Å². The van der Waals surface area contributed by atoms with E-state index in [-0.39, 0.29) is 0 Å². The lowest BCUT2D eigenvalue weighted by Gasteiger charge is -2.18. The van der Waals surface area contributed by atoms with Crippen molar-refractivity contribution >= 4 is 43.2 Å². The first-order chi connectivity index (χ1) is 31.3. The number of fused-ring (bicyclic) bond motifs is 5. The molecule has 0 atom stereocenters. The monoisotopic (exact) mass is 801 g/mol. The molecule has 63 heavy (non-hydrogen) atoms. The second kappa shape index (κ2) is 15.3. The van der Waals surface area contributed by atoms with Gasteiger partial charge in [0.05, 0.1) is 22.6 Å².